The summed E-state index contributed by atoms with van der Waals surface area (Å²) < 4.78 is 42.1. The molecule has 1 aliphatic rings. The average molecular weight is 508 g/mol. The van der Waals surface area contributed by atoms with Crippen molar-refractivity contribution in [2.24, 2.45) is 0 Å². The second-order valence-electron chi connectivity index (χ2n) is 8.53. The highest BCUT2D eigenvalue weighted by Crippen LogP contribution is 2.34. The van der Waals surface area contributed by atoms with Crippen LogP contribution in [0.4, 0.5) is 29.7 Å². The van der Waals surface area contributed by atoms with Gasteiger partial charge in [0.05, 0.1) is 6.20 Å². The fourth-order valence-corrected chi connectivity index (χ4v) is 5.10. The van der Waals surface area contributed by atoms with E-state index in [0.29, 0.717) is 30.6 Å². The maximum Gasteiger partial charge on any atom is 0.277 e. The first-order valence-electron chi connectivity index (χ1n) is 11.4. The molecule has 0 saturated carbocycles. The van der Waals surface area contributed by atoms with E-state index in [1.807, 2.05) is 18.9 Å². The number of rotatable bonds is 7. The topological polar surface area (TPSA) is 101 Å². The molecule has 0 aliphatic carbocycles. The lowest BCUT2D eigenvalue weighted by Gasteiger charge is -2.25. The highest BCUT2D eigenvalue weighted by molar-refractivity contribution is 7.19. The van der Waals surface area contributed by atoms with Crippen LogP contribution < -0.4 is 21.3 Å². The third kappa shape index (κ3) is 5.59. The fourth-order valence-electron chi connectivity index (χ4n) is 4.26. The summed E-state index contributed by atoms with van der Waals surface area (Å²) >= 11 is 1.01. The number of hydrogen-bond donors (Lipinski definition) is 3. The molecule has 0 unspecified atom stereocenters. The van der Waals surface area contributed by atoms with Crippen molar-refractivity contribution in [2.45, 2.75) is 45.2 Å². The van der Waals surface area contributed by atoms with E-state index in [-0.39, 0.29) is 21.3 Å². The Labute approximate surface area is 205 Å². The van der Waals surface area contributed by atoms with Gasteiger partial charge in [-0.15, -0.1) is 0 Å². The number of benzene rings is 1. The number of hydrogen-bond acceptors (Lipinski definition) is 7. The number of amides is 1. The third-order valence-electron chi connectivity index (χ3n) is 6.03. The standard InChI is InChI=1S/C23H28F3N7OS/c1-13-5-6-16(24)15(10-13)22-31-19(20(27)35-22)21(34)30-17-11-29-33(12-18(25)26)23(17)32-8-3-4-14(28-2)7-9-32/h5-6,10-11,14,18,28H,3-4,7-9,12,27H2,1-2H3,(H,30,34)/t14-/m0/s1. The Hall–Kier alpha value is -3.12. The van der Waals surface area contributed by atoms with Gasteiger partial charge in [0.25, 0.3) is 12.3 Å². The first-order valence-corrected chi connectivity index (χ1v) is 12.2. The maximum atomic E-state index is 14.3. The summed E-state index contributed by atoms with van der Waals surface area (Å²) in [5.41, 5.74) is 7.41. The Morgan fingerprint density at radius 1 is 1.31 bits per heavy atom. The van der Waals surface area contributed by atoms with Crippen LogP contribution in [0.15, 0.2) is 24.4 Å². The van der Waals surface area contributed by atoms with Gasteiger partial charge in [0.1, 0.15) is 28.1 Å². The fraction of sp³-hybridized carbons (Fsp3) is 0.435. The van der Waals surface area contributed by atoms with Crippen molar-refractivity contribution in [3.05, 3.63) is 41.5 Å². The van der Waals surface area contributed by atoms with E-state index in [4.69, 9.17) is 5.73 Å². The molecule has 8 nitrogen and oxygen atoms in total. The second-order valence-corrected chi connectivity index (χ2v) is 9.56. The molecule has 0 radical (unpaired) electrons. The second kappa shape index (κ2) is 10.6. The van der Waals surface area contributed by atoms with E-state index in [2.05, 4.69) is 20.7 Å². The van der Waals surface area contributed by atoms with Crippen molar-refractivity contribution in [2.75, 3.05) is 36.1 Å². The van der Waals surface area contributed by atoms with Crippen molar-refractivity contribution in [3.8, 4) is 10.6 Å². The lowest BCUT2D eigenvalue weighted by atomic mass is 10.1. The molecule has 3 aromatic rings. The Kier molecular flexibility index (Phi) is 7.60. The van der Waals surface area contributed by atoms with Gasteiger partial charge in [0, 0.05) is 24.7 Å². The minimum atomic E-state index is -2.60. The van der Waals surface area contributed by atoms with E-state index in [9.17, 15) is 18.0 Å². The summed E-state index contributed by atoms with van der Waals surface area (Å²) in [5.74, 6) is -0.652. The number of alkyl halides is 2. The van der Waals surface area contributed by atoms with Gasteiger partial charge >= 0.3 is 0 Å². The van der Waals surface area contributed by atoms with Crippen LogP contribution in [-0.2, 0) is 6.54 Å². The number of halogens is 3. The molecule has 0 spiro atoms. The first-order chi connectivity index (χ1) is 16.8. The first kappa shape index (κ1) is 25.0. The predicted molar refractivity (Wildman–Crippen MR) is 132 cm³/mol. The zero-order chi connectivity index (χ0) is 25.1. The Morgan fingerprint density at radius 2 is 2.11 bits per heavy atom. The summed E-state index contributed by atoms with van der Waals surface area (Å²) in [5, 5.41) is 10.5. The minimum absolute atomic E-state index is 0.0513. The lowest BCUT2D eigenvalue weighted by Crippen LogP contribution is -2.31. The van der Waals surface area contributed by atoms with Gasteiger partial charge in [-0.05, 0) is 45.4 Å². The number of aromatic nitrogens is 3. The van der Waals surface area contributed by atoms with Crippen molar-refractivity contribution in [1.82, 2.24) is 20.1 Å². The number of nitrogen functional groups attached to an aromatic ring is 1. The molecule has 4 rings (SSSR count). The average Bonchev–Trinajstić information content (AvgIpc) is 3.29. The van der Waals surface area contributed by atoms with E-state index in [1.165, 1.54) is 16.9 Å². The van der Waals surface area contributed by atoms with Gasteiger partial charge < -0.3 is 21.3 Å². The number of nitrogens with one attached hydrogen (secondary N) is 2. The molecule has 1 atom stereocenters. The largest absolute Gasteiger partial charge is 0.389 e. The van der Waals surface area contributed by atoms with Gasteiger partial charge in [-0.25, -0.2) is 22.8 Å². The molecule has 188 valence electrons. The van der Waals surface area contributed by atoms with E-state index in [0.717, 1.165) is 36.2 Å². The van der Waals surface area contributed by atoms with Crippen LogP contribution in [0.3, 0.4) is 0 Å². The Bertz CT molecular complexity index is 1200. The number of nitrogens with zero attached hydrogens (tertiary/aromatic N) is 4. The van der Waals surface area contributed by atoms with Crippen LogP contribution >= 0.6 is 11.3 Å². The molecule has 2 aromatic heterocycles. The third-order valence-corrected chi connectivity index (χ3v) is 6.95. The Balaban J connectivity index is 1.62. The molecule has 3 heterocycles. The molecule has 1 fully saturated rings. The molecular weight excluding hydrogens is 479 g/mol. The van der Waals surface area contributed by atoms with Gasteiger partial charge in [-0.2, -0.15) is 5.10 Å². The van der Waals surface area contributed by atoms with Crippen LogP contribution in [-0.4, -0.2) is 53.3 Å². The number of thiazole rings is 1. The summed E-state index contributed by atoms with van der Waals surface area (Å²) in [6.45, 7) is 2.50. The van der Waals surface area contributed by atoms with Gasteiger partial charge in [0.15, 0.2) is 11.5 Å². The van der Waals surface area contributed by atoms with Gasteiger partial charge in [-0.1, -0.05) is 23.0 Å². The monoisotopic (exact) mass is 507 g/mol. The minimum Gasteiger partial charge on any atom is -0.389 e. The number of anilines is 3. The molecule has 4 N–H and O–H groups in total. The number of aryl methyl sites for hydroxylation is 1. The molecule has 1 saturated heterocycles. The van der Waals surface area contributed by atoms with Crippen molar-refractivity contribution in [1.29, 1.82) is 0 Å². The van der Waals surface area contributed by atoms with Gasteiger partial charge in [0.2, 0.25) is 0 Å². The number of nitrogens with two attached hydrogens (primary N) is 1. The van der Waals surface area contributed by atoms with Crippen LogP contribution in [0.2, 0.25) is 0 Å². The zero-order valence-electron chi connectivity index (χ0n) is 19.5. The smallest absolute Gasteiger partial charge is 0.277 e. The van der Waals surface area contributed by atoms with Crippen molar-refractivity contribution >= 4 is 33.8 Å². The Morgan fingerprint density at radius 3 is 2.86 bits per heavy atom. The predicted octanol–water partition coefficient (Wildman–Crippen LogP) is 4.13. The molecule has 35 heavy (non-hydrogen) atoms. The summed E-state index contributed by atoms with van der Waals surface area (Å²) in [4.78, 5) is 19.4. The molecule has 0 bridgehead atoms. The summed E-state index contributed by atoms with van der Waals surface area (Å²) in [6.07, 6.45) is 1.41. The van der Waals surface area contributed by atoms with E-state index in [1.54, 1.807) is 12.1 Å². The highest BCUT2D eigenvalue weighted by atomic mass is 32.1. The van der Waals surface area contributed by atoms with E-state index < -0.39 is 24.7 Å². The highest BCUT2D eigenvalue weighted by Gasteiger charge is 2.26. The van der Waals surface area contributed by atoms with E-state index >= 15 is 0 Å². The van der Waals surface area contributed by atoms with Crippen LogP contribution in [0, 0.1) is 12.7 Å². The molecule has 1 aromatic carbocycles. The summed E-state index contributed by atoms with van der Waals surface area (Å²) in [6, 6.07) is 4.95. The maximum absolute atomic E-state index is 14.3. The lowest BCUT2D eigenvalue weighted by molar-refractivity contribution is 0.102. The molecular formula is C23H28F3N7OS. The SMILES string of the molecule is CN[C@H]1CCCN(c2c(NC(=O)c3nc(-c4cc(C)ccc4F)sc3N)cnn2CC(F)F)CC1. The van der Waals surface area contributed by atoms with Crippen LogP contribution in [0.25, 0.3) is 10.6 Å². The normalized spacial score (nSPS) is 16.5. The zero-order valence-corrected chi connectivity index (χ0v) is 20.3. The summed E-state index contributed by atoms with van der Waals surface area (Å²) in [7, 11) is 1.90. The molecule has 12 heteroatoms. The van der Waals surface area contributed by atoms with Crippen molar-refractivity contribution < 1.29 is 18.0 Å². The molecule has 1 aliphatic heterocycles. The quantitative estimate of drug-likeness (QED) is 0.445. The van der Waals surface area contributed by atoms with Crippen LogP contribution in [0.1, 0.15) is 35.3 Å². The number of carbonyl (C=O) groups excluding carboxylic acids is 1. The van der Waals surface area contributed by atoms with Gasteiger partial charge in [-0.3, -0.25) is 4.79 Å². The number of carbonyl (C=O) groups is 1. The van der Waals surface area contributed by atoms with Crippen LogP contribution in [0.5, 0.6) is 0 Å². The molecule has 1 amide bonds. The van der Waals surface area contributed by atoms with Crippen molar-refractivity contribution in [3.63, 3.8) is 0 Å².